The van der Waals surface area contributed by atoms with Gasteiger partial charge in [0.25, 0.3) is 5.91 Å². The van der Waals surface area contributed by atoms with Crippen molar-refractivity contribution in [2.24, 2.45) is 0 Å². The minimum Gasteiger partial charge on any atom is -0.494 e. The first-order chi connectivity index (χ1) is 9.52. The summed E-state index contributed by atoms with van der Waals surface area (Å²) < 4.78 is 5.43. The van der Waals surface area contributed by atoms with Crippen LogP contribution in [0.2, 0.25) is 0 Å². The molecule has 1 heterocycles. The van der Waals surface area contributed by atoms with Crippen LogP contribution in [0.25, 0.3) is 0 Å². The minimum absolute atomic E-state index is 0.152. The SMILES string of the molecule is CCOc1ccc(NC(=O)c2c(C)n[nH]c2C)c(C)c1. The summed E-state index contributed by atoms with van der Waals surface area (Å²) in [7, 11) is 0. The molecule has 20 heavy (non-hydrogen) atoms. The highest BCUT2D eigenvalue weighted by Crippen LogP contribution is 2.22. The molecule has 0 saturated heterocycles. The summed E-state index contributed by atoms with van der Waals surface area (Å²) >= 11 is 0. The number of aromatic nitrogens is 2. The Morgan fingerprint density at radius 2 is 2.10 bits per heavy atom. The maximum atomic E-state index is 12.3. The number of ether oxygens (including phenoxy) is 1. The molecule has 0 spiro atoms. The van der Waals surface area contributed by atoms with Crippen molar-refractivity contribution >= 4 is 11.6 Å². The van der Waals surface area contributed by atoms with E-state index < -0.39 is 0 Å². The number of aromatic amines is 1. The molecule has 2 N–H and O–H groups in total. The molecule has 1 aromatic carbocycles. The quantitative estimate of drug-likeness (QED) is 0.900. The Morgan fingerprint density at radius 1 is 1.35 bits per heavy atom. The van der Waals surface area contributed by atoms with Crippen molar-refractivity contribution in [3.63, 3.8) is 0 Å². The van der Waals surface area contributed by atoms with E-state index in [0.717, 1.165) is 22.7 Å². The standard InChI is InChI=1S/C15H19N3O2/c1-5-20-12-6-7-13(9(2)8-12)16-15(19)14-10(3)17-18-11(14)4/h6-8H,5H2,1-4H3,(H,16,19)(H,17,18). The van der Waals surface area contributed by atoms with Gasteiger partial charge in [-0.05, 0) is 51.5 Å². The van der Waals surface area contributed by atoms with E-state index in [0.29, 0.717) is 17.9 Å². The van der Waals surface area contributed by atoms with Gasteiger partial charge in [0.2, 0.25) is 0 Å². The van der Waals surface area contributed by atoms with Crippen LogP contribution in [0.5, 0.6) is 5.75 Å². The molecule has 0 unspecified atom stereocenters. The third-order valence-corrected chi connectivity index (χ3v) is 3.11. The van der Waals surface area contributed by atoms with Gasteiger partial charge in [0.1, 0.15) is 5.75 Å². The number of aryl methyl sites for hydroxylation is 3. The van der Waals surface area contributed by atoms with Gasteiger partial charge >= 0.3 is 0 Å². The summed E-state index contributed by atoms with van der Waals surface area (Å²) in [6, 6.07) is 5.61. The van der Waals surface area contributed by atoms with E-state index in [4.69, 9.17) is 4.74 Å². The van der Waals surface area contributed by atoms with E-state index in [1.165, 1.54) is 0 Å². The van der Waals surface area contributed by atoms with Crippen molar-refractivity contribution in [3.8, 4) is 5.75 Å². The van der Waals surface area contributed by atoms with Crippen molar-refractivity contribution in [2.45, 2.75) is 27.7 Å². The lowest BCUT2D eigenvalue weighted by molar-refractivity contribution is 0.102. The second kappa shape index (κ2) is 5.77. The average Bonchev–Trinajstić information content (AvgIpc) is 2.73. The second-order valence-corrected chi connectivity index (χ2v) is 4.67. The summed E-state index contributed by atoms with van der Waals surface area (Å²) in [5.41, 5.74) is 3.80. The topological polar surface area (TPSA) is 67.0 Å². The van der Waals surface area contributed by atoms with Crippen LogP contribution in [0.15, 0.2) is 18.2 Å². The van der Waals surface area contributed by atoms with Gasteiger partial charge in [0, 0.05) is 11.4 Å². The third-order valence-electron chi connectivity index (χ3n) is 3.11. The molecule has 2 aromatic rings. The highest BCUT2D eigenvalue weighted by atomic mass is 16.5. The summed E-state index contributed by atoms with van der Waals surface area (Å²) in [5, 5.41) is 9.76. The average molecular weight is 273 g/mol. The fraction of sp³-hybridized carbons (Fsp3) is 0.333. The Balaban J connectivity index is 2.20. The fourth-order valence-corrected chi connectivity index (χ4v) is 2.10. The number of rotatable bonds is 4. The molecule has 1 amide bonds. The van der Waals surface area contributed by atoms with Gasteiger partial charge in [-0.15, -0.1) is 0 Å². The van der Waals surface area contributed by atoms with E-state index in [1.807, 2.05) is 45.9 Å². The van der Waals surface area contributed by atoms with Crippen molar-refractivity contribution in [1.29, 1.82) is 0 Å². The van der Waals surface area contributed by atoms with Crippen LogP contribution < -0.4 is 10.1 Å². The molecule has 5 nitrogen and oxygen atoms in total. The summed E-state index contributed by atoms with van der Waals surface area (Å²) in [6.45, 7) is 8.14. The molecule has 0 aliphatic carbocycles. The first kappa shape index (κ1) is 14.1. The van der Waals surface area contributed by atoms with E-state index >= 15 is 0 Å². The molecule has 2 rings (SSSR count). The predicted molar refractivity (Wildman–Crippen MR) is 78.4 cm³/mol. The zero-order valence-electron chi connectivity index (χ0n) is 12.2. The van der Waals surface area contributed by atoms with E-state index in [2.05, 4.69) is 15.5 Å². The number of H-pyrrole nitrogens is 1. The molecule has 106 valence electrons. The first-order valence-corrected chi connectivity index (χ1v) is 6.59. The number of nitrogens with one attached hydrogen (secondary N) is 2. The van der Waals surface area contributed by atoms with Crippen molar-refractivity contribution < 1.29 is 9.53 Å². The van der Waals surface area contributed by atoms with Crippen LogP contribution in [0.4, 0.5) is 5.69 Å². The van der Waals surface area contributed by atoms with Gasteiger partial charge in [-0.25, -0.2) is 0 Å². The first-order valence-electron chi connectivity index (χ1n) is 6.59. The maximum absolute atomic E-state index is 12.3. The largest absolute Gasteiger partial charge is 0.494 e. The number of anilines is 1. The molecule has 0 radical (unpaired) electrons. The summed E-state index contributed by atoms with van der Waals surface area (Å²) in [5.74, 6) is 0.652. The maximum Gasteiger partial charge on any atom is 0.259 e. The number of benzene rings is 1. The molecule has 0 saturated carbocycles. The van der Waals surface area contributed by atoms with Crippen molar-refractivity contribution in [1.82, 2.24) is 10.2 Å². The van der Waals surface area contributed by atoms with E-state index in [-0.39, 0.29) is 5.91 Å². The number of carbonyl (C=O) groups is 1. The molecule has 1 aromatic heterocycles. The summed E-state index contributed by atoms with van der Waals surface area (Å²) in [4.78, 5) is 12.3. The highest BCUT2D eigenvalue weighted by Gasteiger charge is 2.16. The number of carbonyl (C=O) groups excluding carboxylic acids is 1. The third kappa shape index (κ3) is 2.82. The van der Waals surface area contributed by atoms with Gasteiger partial charge in [-0.2, -0.15) is 5.10 Å². The number of hydrogen-bond acceptors (Lipinski definition) is 3. The predicted octanol–water partition coefficient (Wildman–Crippen LogP) is 2.99. The highest BCUT2D eigenvalue weighted by molar-refractivity contribution is 6.06. The molecule has 5 heteroatoms. The lowest BCUT2D eigenvalue weighted by Crippen LogP contribution is -2.14. The van der Waals surface area contributed by atoms with Crippen LogP contribution in [0, 0.1) is 20.8 Å². The van der Waals surface area contributed by atoms with E-state index in [1.54, 1.807) is 0 Å². The molecular formula is C15H19N3O2. The van der Waals surface area contributed by atoms with Crippen molar-refractivity contribution in [3.05, 3.63) is 40.7 Å². The van der Waals surface area contributed by atoms with Crippen LogP contribution in [0.1, 0.15) is 34.2 Å². The molecule has 0 aliphatic rings. The van der Waals surface area contributed by atoms with Crippen LogP contribution >= 0.6 is 0 Å². The Morgan fingerprint density at radius 3 is 2.65 bits per heavy atom. The van der Waals surface area contributed by atoms with Crippen LogP contribution in [0.3, 0.4) is 0 Å². The number of hydrogen-bond donors (Lipinski definition) is 2. The van der Waals surface area contributed by atoms with Gasteiger partial charge in [0.15, 0.2) is 0 Å². The van der Waals surface area contributed by atoms with Gasteiger partial charge in [-0.1, -0.05) is 0 Å². The molecule has 0 atom stereocenters. The molecule has 0 fully saturated rings. The zero-order valence-corrected chi connectivity index (χ0v) is 12.2. The number of amides is 1. The smallest absolute Gasteiger partial charge is 0.259 e. The minimum atomic E-state index is -0.152. The molecule has 0 aliphatic heterocycles. The normalized spacial score (nSPS) is 10.4. The Hall–Kier alpha value is -2.30. The monoisotopic (exact) mass is 273 g/mol. The molecule has 0 bridgehead atoms. The van der Waals surface area contributed by atoms with Gasteiger partial charge in [0.05, 0.1) is 17.9 Å². The molecular weight excluding hydrogens is 254 g/mol. The Bertz CT molecular complexity index is 613. The fourth-order valence-electron chi connectivity index (χ4n) is 2.10. The van der Waals surface area contributed by atoms with Crippen molar-refractivity contribution in [2.75, 3.05) is 11.9 Å². The lowest BCUT2D eigenvalue weighted by Gasteiger charge is -2.10. The van der Waals surface area contributed by atoms with Crippen LogP contribution in [-0.2, 0) is 0 Å². The Labute approximate surface area is 118 Å². The summed E-state index contributed by atoms with van der Waals surface area (Å²) in [6.07, 6.45) is 0. The van der Waals surface area contributed by atoms with Gasteiger partial charge in [-0.3, -0.25) is 9.89 Å². The second-order valence-electron chi connectivity index (χ2n) is 4.67. The zero-order chi connectivity index (χ0) is 14.7. The number of nitrogens with zero attached hydrogens (tertiary/aromatic N) is 1. The van der Waals surface area contributed by atoms with Gasteiger partial charge < -0.3 is 10.1 Å². The van der Waals surface area contributed by atoms with Crippen LogP contribution in [-0.4, -0.2) is 22.7 Å². The lowest BCUT2D eigenvalue weighted by atomic mass is 10.1. The Kier molecular flexibility index (Phi) is 4.08. The van der Waals surface area contributed by atoms with E-state index in [9.17, 15) is 4.79 Å².